The Morgan fingerprint density at radius 2 is 1.91 bits per heavy atom. The summed E-state index contributed by atoms with van der Waals surface area (Å²) >= 11 is 0. The van der Waals surface area contributed by atoms with Gasteiger partial charge in [0.2, 0.25) is 5.91 Å². The van der Waals surface area contributed by atoms with Gasteiger partial charge < -0.3 is 11.1 Å². The highest BCUT2D eigenvalue weighted by Crippen LogP contribution is 2.26. The number of hydrogen-bond acceptors (Lipinski definition) is 2. The lowest BCUT2D eigenvalue weighted by Crippen LogP contribution is -2.37. The molecule has 22 heavy (non-hydrogen) atoms. The number of nitrogens with one attached hydrogen (secondary N) is 1. The van der Waals surface area contributed by atoms with E-state index in [1.165, 1.54) is 18.4 Å². The highest BCUT2D eigenvalue weighted by Gasteiger charge is 2.24. The largest absolute Gasteiger partial charge is 0.350 e. The first kappa shape index (κ1) is 19.0. The van der Waals surface area contributed by atoms with E-state index in [9.17, 15) is 4.79 Å². The van der Waals surface area contributed by atoms with Crippen molar-refractivity contribution < 1.29 is 4.79 Å². The zero-order chi connectivity index (χ0) is 15.2. The fourth-order valence-electron chi connectivity index (χ4n) is 3.15. The molecule has 1 fully saturated rings. The number of amides is 1. The van der Waals surface area contributed by atoms with Gasteiger partial charge >= 0.3 is 0 Å². The molecule has 0 aromatic heterocycles. The smallest absolute Gasteiger partial charge is 0.220 e. The molecule has 4 heteroatoms. The molecule has 0 radical (unpaired) electrons. The maximum absolute atomic E-state index is 12.2. The van der Waals surface area contributed by atoms with Crippen LogP contribution in [0.3, 0.4) is 0 Å². The van der Waals surface area contributed by atoms with Crippen LogP contribution in [-0.2, 0) is 11.2 Å². The molecule has 3 nitrogen and oxygen atoms in total. The summed E-state index contributed by atoms with van der Waals surface area (Å²) in [7, 11) is 0. The Hall–Kier alpha value is -1.06. The summed E-state index contributed by atoms with van der Waals surface area (Å²) in [5.41, 5.74) is 8.61. The van der Waals surface area contributed by atoms with Crippen LogP contribution < -0.4 is 11.1 Å². The number of aryl methyl sites for hydroxylation is 1. The van der Waals surface area contributed by atoms with E-state index in [1.54, 1.807) is 0 Å². The highest BCUT2D eigenvalue weighted by atomic mass is 35.5. The van der Waals surface area contributed by atoms with Crippen molar-refractivity contribution in [3.63, 3.8) is 0 Å². The summed E-state index contributed by atoms with van der Waals surface area (Å²) in [5, 5.41) is 3.11. The number of halogens is 1. The lowest BCUT2D eigenvalue weighted by molar-refractivity contribution is -0.123. The van der Waals surface area contributed by atoms with Crippen LogP contribution in [0.5, 0.6) is 0 Å². The first-order valence-corrected chi connectivity index (χ1v) is 8.24. The van der Waals surface area contributed by atoms with Crippen molar-refractivity contribution in [3.05, 3.63) is 35.4 Å². The molecule has 3 N–H and O–H groups in total. The van der Waals surface area contributed by atoms with E-state index in [2.05, 4.69) is 36.5 Å². The molecule has 1 amide bonds. The van der Waals surface area contributed by atoms with E-state index in [0.29, 0.717) is 12.3 Å². The molecule has 3 unspecified atom stereocenters. The van der Waals surface area contributed by atoms with Gasteiger partial charge in [-0.25, -0.2) is 0 Å². The molecule has 1 aliphatic carbocycles. The molecule has 124 valence electrons. The summed E-state index contributed by atoms with van der Waals surface area (Å²) in [5.74, 6) is 0.484. The van der Waals surface area contributed by atoms with Gasteiger partial charge in [-0.2, -0.15) is 0 Å². The van der Waals surface area contributed by atoms with Gasteiger partial charge in [-0.1, -0.05) is 44.0 Å². The average molecular weight is 325 g/mol. The molecule has 0 spiro atoms. The van der Waals surface area contributed by atoms with Crippen LogP contribution in [0.25, 0.3) is 0 Å². The third-order valence-corrected chi connectivity index (χ3v) is 4.68. The zero-order valence-corrected chi connectivity index (χ0v) is 14.5. The fraction of sp³-hybridized carbons (Fsp3) is 0.611. The summed E-state index contributed by atoms with van der Waals surface area (Å²) in [4.78, 5) is 12.2. The highest BCUT2D eigenvalue weighted by molar-refractivity contribution is 5.85. The lowest BCUT2D eigenvalue weighted by Gasteiger charge is -2.28. The van der Waals surface area contributed by atoms with Crippen molar-refractivity contribution in [1.29, 1.82) is 0 Å². The Morgan fingerprint density at radius 3 is 2.50 bits per heavy atom. The standard InChI is InChI=1S/C18H28N2O.ClH/c1-3-14-8-10-15(11-9-14)13(2)20-18(21)12-16-6-4-5-7-17(16)19;/h8-11,13,16-17H,3-7,12,19H2,1-2H3,(H,20,21);1H. The number of benzene rings is 1. The summed E-state index contributed by atoms with van der Waals surface area (Å²) in [6.45, 7) is 4.19. The third kappa shape index (κ3) is 5.29. The molecule has 1 saturated carbocycles. The second-order valence-corrected chi connectivity index (χ2v) is 6.30. The molecule has 3 atom stereocenters. The van der Waals surface area contributed by atoms with Gasteiger partial charge in [0, 0.05) is 12.5 Å². The van der Waals surface area contributed by atoms with Crippen LogP contribution in [0.4, 0.5) is 0 Å². The van der Waals surface area contributed by atoms with Crippen LogP contribution in [0.15, 0.2) is 24.3 Å². The molecule has 1 aliphatic rings. The van der Waals surface area contributed by atoms with Crippen molar-refractivity contribution in [2.75, 3.05) is 0 Å². The summed E-state index contributed by atoms with van der Waals surface area (Å²) < 4.78 is 0. The van der Waals surface area contributed by atoms with Crippen molar-refractivity contribution in [1.82, 2.24) is 5.32 Å². The maximum atomic E-state index is 12.2. The molecule has 2 rings (SSSR count). The van der Waals surface area contributed by atoms with Gasteiger partial charge in [0.15, 0.2) is 0 Å². The minimum Gasteiger partial charge on any atom is -0.350 e. The van der Waals surface area contributed by atoms with Crippen LogP contribution >= 0.6 is 12.4 Å². The average Bonchev–Trinajstić information content (AvgIpc) is 2.49. The normalized spacial score (nSPS) is 22.5. The van der Waals surface area contributed by atoms with Gasteiger partial charge in [-0.3, -0.25) is 4.79 Å². The van der Waals surface area contributed by atoms with Crippen molar-refractivity contribution in [3.8, 4) is 0 Å². The van der Waals surface area contributed by atoms with E-state index in [4.69, 9.17) is 5.73 Å². The second kappa shape index (κ2) is 9.16. The second-order valence-electron chi connectivity index (χ2n) is 6.30. The van der Waals surface area contributed by atoms with Crippen LogP contribution in [0.2, 0.25) is 0 Å². The molecular formula is C18H29ClN2O. The van der Waals surface area contributed by atoms with Crippen LogP contribution in [0.1, 0.15) is 63.1 Å². The minimum absolute atomic E-state index is 0. The van der Waals surface area contributed by atoms with Crippen molar-refractivity contribution >= 4 is 18.3 Å². The first-order chi connectivity index (χ1) is 10.1. The lowest BCUT2D eigenvalue weighted by atomic mass is 9.83. The van der Waals surface area contributed by atoms with Gasteiger partial charge in [0.05, 0.1) is 6.04 Å². The Morgan fingerprint density at radius 1 is 1.27 bits per heavy atom. The Bertz CT molecular complexity index is 461. The van der Waals surface area contributed by atoms with Gasteiger partial charge in [0.25, 0.3) is 0 Å². The quantitative estimate of drug-likeness (QED) is 0.866. The minimum atomic E-state index is 0. The topological polar surface area (TPSA) is 55.1 Å². The van der Waals surface area contributed by atoms with Crippen molar-refractivity contribution in [2.24, 2.45) is 11.7 Å². The summed E-state index contributed by atoms with van der Waals surface area (Å²) in [6.07, 6.45) is 6.18. The first-order valence-electron chi connectivity index (χ1n) is 8.24. The van der Waals surface area contributed by atoms with E-state index >= 15 is 0 Å². The van der Waals surface area contributed by atoms with E-state index in [-0.39, 0.29) is 30.4 Å². The molecular weight excluding hydrogens is 296 g/mol. The van der Waals surface area contributed by atoms with Crippen molar-refractivity contribution in [2.45, 2.75) is 64.5 Å². The van der Waals surface area contributed by atoms with Crippen LogP contribution in [-0.4, -0.2) is 11.9 Å². The van der Waals surface area contributed by atoms with E-state index < -0.39 is 0 Å². The predicted octanol–water partition coefficient (Wildman–Crippen LogP) is 3.76. The third-order valence-electron chi connectivity index (χ3n) is 4.68. The Balaban J connectivity index is 0.00000242. The number of hydrogen-bond donors (Lipinski definition) is 2. The maximum Gasteiger partial charge on any atom is 0.220 e. The summed E-state index contributed by atoms with van der Waals surface area (Å²) in [6, 6.07) is 8.74. The monoisotopic (exact) mass is 324 g/mol. The van der Waals surface area contributed by atoms with E-state index in [0.717, 1.165) is 24.8 Å². The number of carbonyl (C=O) groups is 1. The van der Waals surface area contributed by atoms with E-state index in [1.807, 2.05) is 6.92 Å². The predicted molar refractivity (Wildman–Crippen MR) is 94.2 cm³/mol. The molecule has 0 saturated heterocycles. The number of nitrogens with two attached hydrogens (primary N) is 1. The fourth-order valence-corrected chi connectivity index (χ4v) is 3.15. The zero-order valence-electron chi connectivity index (χ0n) is 13.7. The Labute approximate surface area is 140 Å². The molecule has 0 heterocycles. The Kier molecular flexibility index (Phi) is 7.91. The molecule has 0 aliphatic heterocycles. The van der Waals surface area contributed by atoms with Gasteiger partial charge in [0.1, 0.15) is 0 Å². The molecule has 1 aromatic rings. The SMILES string of the molecule is CCc1ccc(C(C)NC(=O)CC2CCCCC2N)cc1.Cl. The van der Waals surface area contributed by atoms with Crippen LogP contribution in [0, 0.1) is 5.92 Å². The molecule has 1 aromatic carbocycles. The van der Waals surface area contributed by atoms with Gasteiger partial charge in [-0.15, -0.1) is 12.4 Å². The molecule has 0 bridgehead atoms. The number of rotatable bonds is 5. The number of carbonyl (C=O) groups excluding carboxylic acids is 1. The van der Waals surface area contributed by atoms with Gasteiger partial charge in [-0.05, 0) is 43.2 Å².